The molecule has 15 heavy (non-hydrogen) atoms. The Kier molecular flexibility index (Phi) is 8.49. The van der Waals surface area contributed by atoms with Crippen molar-refractivity contribution in [1.29, 1.82) is 0 Å². The molecule has 88 valence electrons. The van der Waals surface area contributed by atoms with Crippen LogP contribution in [0.1, 0.15) is 6.42 Å². The van der Waals surface area contributed by atoms with Crippen molar-refractivity contribution in [3.8, 4) is 0 Å². The lowest BCUT2D eigenvalue weighted by Gasteiger charge is -2.16. The molecule has 2 N–H and O–H groups in total. The molecule has 0 aromatic heterocycles. The van der Waals surface area contributed by atoms with Gasteiger partial charge in [-0.1, -0.05) is 0 Å². The molecule has 8 heteroatoms. The Balaban J connectivity index is 3.64. The molecule has 0 atom stereocenters. The van der Waals surface area contributed by atoms with Crippen molar-refractivity contribution in [3.05, 3.63) is 9.81 Å². The van der Waals surface area contributed by atoms with Crippen LogP contribution in [-0.2, 0) is 0 Å². The smallest absolute Gasteiger partial charge is 0.0624 e. The van der Waals surface area contributed by atoms with E-state index in [1.54, 1.807) is 0 Å². The molecule has 0 saturated carbocycles. The van der Waals surface area contributed by atoms with Gasteiger partial charge in [-0.25, -0.2) is 0 Å². The van der Waals surface area contributed by atoms with Crippen LogP contribution in [0.25, 0.3) is 0 Å². The Morgan fingerprint density at radius 3 is 1.47 bits per heavy atom. The van der Waals surface area contributed by atoms with E-state index in [4.69, 9.17) is 10.2 Å². The summed E-state index contributed by atoms with van der Waals surface area (Å²) in [7, 11) is 0. The molecule has 0 rings (SSSR count). The van der Waals surface area contributed by atoms with Crippen LogP contribution in [0, 0.1) is 9.81 Å². The monoisotopic (exact) mass is 220 g/mol. The lowest BCUT2D eigenvalue weighted by Crippen LogP contribution is -2.27. The Morgan fingerprint density at radius 2 is 1.20 bits per heavy atom. The number of aliphatic hydroxyl groups excluding tert-OH is 2. The molecule has 0 fully saturated rings. The molecule has 0 amide bonds. The predicted molar refractivity (Wildman–Crippen MR) is 53.5 cm³/mol. The van der Waals surface area contributed by atoms with E-state index in [-0.39, 0.29) is 26.3 Å². The summed E-state index contributed by atoms with van der Waals surface area (Å²) in [5.74, 6) is 0. The summed E-state index contributed by atoms with van der Waals surface area (Å²) in [4.78, 5) is 20.4. The fraction of sp³-hybridized carbons (Fsp3) is 1.00. The van der Waals surface area contributed by atoms with Gasteiger partial charge < -0.3 is 10.2 Å². The number of hydrogen-bond donors (Lipinski definition) is 2. The zero-order valence-corrected chi connectivity index (χ0v) is 8.45. The average molecular weight is 220 g/mol. The van der Waals surface area contributed by atoms with E-state index in [9.17, 15) is 9.81 Å². The van der Waals surface area contributed by atoms with Crippen molar-refractivity contribution >= 4 is 0 Å². The first-order valence-electron chi connectivity index (χ1n) is 4.66. The molecular formula is C7H16N4O4. The van der Waals surface area contributed by atoms with Crippen LogP contribution in [0.4, 0.5) is 0 Å². The highest BCUT2D eigenvalue weighted by atomic mass is 16.3. The molecular weight excluding hydrogens is 204 g/mol. The minimum Gasteiger partial charge on any atom is -0.394 e. The molecule has 0 saturated heterocycles. The summed E-state index contributed by atoms with van der Waals surface area (Å²) in [5, 5.41) is 24.8. The van der Waals surface area contributed by atoms with Crippen LogP contribution in [0.2, 0.25) is 0 Å². The van der Waals surface area contributed by atoms with Gasteiger partial charge in [-0.05, 0) is 6.42 Å². The van der Waals surface area contributed by atoms with Crippen molar-refractivity contribution in [2.75, 3.05) is 39.4 Å². The summed E-state index contributed by atoms with van der Waals surface area (Å²) in [6.45, 7) is 0.773. The van der Waals surface area contributed by atoms with E-state index in [0.717, 1.165) is 0 Å². The third-order valence-electron chi connectivity index (χ3n) is 1.78. The molecule has 8 nitrogen and oxygen atoms in total. The molecule has 0 aromatic carbocycles. The summed E-state index contributed by atoms with van der Waals surface area (Å²) in [6, 6.07) is 0. The highest BCUT2D eigenvalue weighted by Crippen LogP contribution is 1.96. The molecule has 0 unspecified atom stereocenters. The van der Waals surface area contributed by atoms with E-state index < -0.39 is 0 Å². The summed E-state index contributed by atoms with van der Waals surface area (Å²) < 4.78 is 0. The van der Waals surface area contributed by atoms with Gasteiger partial charge in [-0.15, -0.1) is 9.81 Å². The van der Waals surface area contributed by atoms with Gasteiger partial charge in [0, 0.05) is 13.1 Å². The molecule has 0 aromatic rings. The van der Waals surface area contributed by atoms with Gasteiger partial charge in [0.15, 0.2) is 0 Å². The molecule has 0 heterocycles. The Bertz CT molecular complexity index is 162. The summed E-state index contributed by atoms with van der Waals surface area (Å²) in [6.07, 6.45) is 0.511. The van der Waals surface area contributed by atoms with Crippen LogP contribution in [0.3, 0.4) is 0 Å². The van der Waals surface area contributed by atoms with E-state index in [0.29, 0.717) is 19.5 Å². The Labute approximate surface area is 87.4 Å². The second kappa shape index (κ2) is 9.28. The lowest BCUT2D eigenvalue weighted by molar-refractivity contribution is 0.172. The minimum absolute atomic E-state index is 0.141. The van der Waals surface area contributed by atoms with Gasteiger partial charge in [0.05, 0.1) is 36.9 Å². The van der Waals surface area contributed by atoms with E-state index in [1.165, 1.54) is 10.0 Å². The highest BCUT2D eigenvalue weighted by molar-refractivity contribution is 4.55. The van der Waals surface area contributed by atoms with Gasteiger partial charge in [-0.2, -0.15) is 0 Å². The molecule has 0 bridgehead atoms. The minimum atomic E-state index is -0.141. The first-order valence-corrected chi connectivity index (χ1v) is 4.66. The number of nitrogens with zero attached hydrogens (tertiary/aromatic N) is 4. The van der Waals surface area contributed by atoms with E-state index in [1.807, 2.05) is 0 Å². The third-order valence-corrected chi connectivity index (χ3v) is 1.78. The normalized spacial score (nSPS) is 9.73. The van der Waals surface area contributed by atoms with E-state index >= 15 is 0 Å². The topological polar surface area (TPSA) is 106 Å². The maximum absolute atomic E-state index is 10.2. The zero-order chi connectivity index (χ0) is 11.5. The van der Waals surface area contributed by atoms with Crippen molar-refractivity contribution in [2.24, 2.45) is 10.6 Å². The van der Waals surface area contributed by atoms with Crippen LogP contribution >= 0.6 is 0 Å². The van der Waals surface area contributed by atoms with Crippen LogP contribution in [0.5, 0.6) is 0 Å². The largest absolute Gasteiger partial charge is 0.394 e. The molecule has 0 radical (unpaired) electrons. The summed E-state index contributed by atoms with van der Waals surface area (Å²) in [5.41, 5.74) is 0. The third kappa shape index (κ3) is 6.75. The fourth-order valence-corrected chi connectivity index (χ4v) is 1.05. The van der Waals surface area contributed by atoms with Crippen molar-refractivity contribution in [3.63, 3.8) is 0 Å². The van der Waals surface area contributed by atoms with Crippen LogP contribution in [-0.4, -0.2) is 59.6 Å². The maximum atomic E-state index is 10.2. The fourth-order valence-electron chi connectivity index (χ4n) is 1.05. The van der Waals surface area contributed by atoms with Crippen molar-refractivity contribution in [1.82, 2.24) is 10.0 Å². The Hall–Kier alpha value is -1.28. The van der Waals surface area contributed by atoms with Crippen molar-refractivity contribution < 1.29 is 10.2 Å². The van der Waals surface area contributed by atoms with Crippen LogP contribution < -0.4 is 0 Å². The molecule has 0 aliphatic carbocycles. The SMILES string of the molecule is O=NN(CCO)CCCN(CCO)N=O. The first-order chi connectivity index (χ1) is 7.28. The quantitative estimate of drug-likeness (QED) is 0.373. The Morgan fingerprint density at radius 1 is 0.800 bits per heavy atom. The summed E-state index contributed by atoms with van der Waals surface area (Å²) >= 11 is 0. The molecule has 0 aliphatic rings. The van der Waals surface area contributed by atoms with Crippen molar-refractivity contribution in [2.45, 2.75) is 6.42 Å². The average Bonchev–Trinajstić information content (AvgIpc) is 2.26. The predicted octanol–water partition coefficient (Wildman–Crippen LogP) is -0.672. The number of rotatable bonds is 10. The van der Waals surface area contributed by atoms with Gasteiger partial charge in [0.1, 0.15) is 0 Å². The molecule has 0 aliphatic heterocycles. The number of aliphatic hydroxyl groups is 2. The van der Waals surface area contributed by atoms with E-state index in [2.05, 4.69) is 10.6 Å². The van der Waals surface area contributed by atoms with Gasteiger partial charge in [0.2, 0.25) is 0 Å². The molecule has 0 spiro atoms. The maximum Gasteiger partial charge on any atom is 0.0624 e. The number of nitroso groups, excluding NO2 is 2. The highest BCUT2D eigenvalue weighted by Gasteiger charge is 2.05. The zero-order valence-electron chi connectivity index (χ0n) is 8.45. The second-order valence-electron chi connectivity index (χ2n) is 2.87. The van der Waals surface area contributed by atoms with Crippen LogP contribution in [0.15, 0.2) is 10.6 Å². The second-order valence-corrected chi connectivity index (χ2v) is 2.87. The van der Waals surface area contributed by atoms with Gasteiger partial charge >= 0.3 is 0 Å². The number of hydrogen-bond acceptors (Lipinski definition) is 6. The van der Waals surface area contributed by atoms with Gasteiger partial charge in [-0.3, -0.25) is 10.0 Å². The lowest BCUT2D eigenvalue weighted by atomic mass is 10.4. The standard InChI is InChI=1S/C7H16N4O4/c12-6-4-10(8-14)2-1-3-11(9-15)5-7-13/h12-13H,1-7H2. The first kappa shape index (κ1) is 13.7. The van der Waals surface area contributed by atoms with Gasteiger partial charge in [0.25, 0.3) is 0 Å².